The van der Waals surface area contributed by atoms with Crippen LogP contribution in [-0.4, -0.2) is 24.2 Å². The summed E-state index contributed by atoms with van der Waals surface area (Å²) in [5, 5.41) is 6.73. The molecule has 116 valence electrons. The fourth-order valence-corrected chi connectivity index (χ4v) is 2.75. The molecule has 1 N–H and O–H groups in total. The Kier molecular flexibility index (Phi) is 4.13. The van der Waals surface area contributed by atoms with Gasteiger partial charge in [-0.25, -0.2) is 0 Å². The number of rotatable bonds is 4. The molecule has 1 amide bonds. The van der Waals surface area contributed by atoms with Crippen molar-refractivity contribution < 1.29 is 9.32 Å². The molecule has 0 fully saturated rings. The molecule has 2 heterocycles. The number of aryl methyl sites for hydroxylation is 1. The number of hydrogen-bond donors (Lipinski definition) is 1. The van der Waals surface area contributed by atoms with Crippen LogP contribution in [0.4, 0.5) is 11.6 Å². The van der Waals surface area contributed by atoms with E-state index in [2.05, 4.69) is 27.5 Å². The Bertz CT molecular complexity index is 663. The maximum Gasteiger partial charge on any atom is 0.246 e. The Balaban J connectivity index is 1.65. The Morgan fingerprint density at radius 2 is 2.23 bits per heavy atom. The molecule has 3 rings (SSSR count). The van der Waals surface area contributed by atoms with Crippen molar-refractivity contribution in [1.29, 1.82) is 0 Å². The van der Waals surface area contributed by atoms with Gasteiger partial charge in [-0.3, -0.25) is 10.1 Å². The minimum Gasteiger partial charge on any atom is -0.362 e. The third-order valence-corrected chi connectivity index (χ3v) is 3.92. The summed E-state index contributed by atoms with van der Waals surface area (Å²) in [7, 11) is 0. The number of benzene rings is 1. The van der Waals surface area contributed by atoms with Crippen LogP contribution in [0, 0.1) is 0 Å². The molecule has 0 unspecified atom stereocenters. The van der Waals surface area contributed by atoms with Crippen LogP contribution < -0.4 is 10.2 Å². The van der Waals surface area contributed by atoms with Crippen LogP contribution in [0.2, 0.25) is 0 Å². The van der Waals surface area contributed by atoms with E-state index in [4.69, 9.17) is 4.52 Å². The first-order valence-corrected chi connectivity index (χ1v) is 7.73. The fraction of sp³-hybridized carbons (Fsp3) is 0.412. The van der Waals surface area contributed by atoms with Crippen LogP contribution in [0.5, 0.6) is 0 Å². The molecule has 22 heavy (non-hydrogen) atoms. The van der Waals surface area contributed by atoms with Crippen molar-refractivity contribution in [2.24, 2.45) is 0 Å². The van der Waals surface area contributed by atoms with Gasteiger partial charge in [-0.15, -0.1) is 0 Å². The van der Waals surface area contributed by atoms with E-state index in [-0.39, 0.29) is 11.8 Å². The van der Waals surface area contributed by atoms with E-state index in [9.17, 15) is 4.79 Å². The van der Waals surface area contributed by atoms with Crippen molar-refractivity contribution >= 4 is 17.5 Å². The second kappa shape index (κ2) is 6.22. The van der Waals surface area contributed by atoms with Gasteiger partial charge in [-0.2, -0.15) is 0 Å². The summed E-state index contributed by atoms with van der Waals surface area (Å²) >= 11 is 0. The number of amides is 1. The number of carbonyl (C=O) groups is 1. The maximum absolute atomic E-state index is 12.2. The van der Waals surface area contributed by atoms with Gasteiger partial charge in [0, 0.05) is 18.3 Å². The third-order valence-electron chi connectivity index (χ3n) is 3.92. The molecule has 0 saturated carbocycles. The molecule has 0 atom stereocenters. The minimum absolute atomic E-state index is 0.0804. The standard InChI is InChI=1S/C17H21N3O2/c1-12(2)14-10-17(22-19-14)18-16(21)11-20-9-5-7-13-6-3-4-8-15(13)20/h3-4,6,8,10,12H,5,7,9,11H2,1-2H3,(H,18,21). The van der Waals surface area contributed by atoms with Gasteiger partial charge in [0.2, 0.25) is 11.8 Å². The van der Waals surface area contributed by atoms with E-state index in [0.29, 0.717) is 12.4 Å². The molecule has 0 radical (unpaired) electrons. The number of fused-ring (bicyclic) bond motifs is 1. The lowest BCUT2D eigenvalue weighted by atomic mass is 10.0. The van der Waals surface area contributed by atoms with Gasteiger partial charge in [0.15, 0.2) is 0 Å². The van der Waals surface area contributed by atoms with Gasteiger partial charge in [0.25, 0.3) is 0 Å². The van der Waals surface area contributed by atoms with E-state index >= 15 is 0 Å². The van der Waals surface area contributed by atoms with Gasteiger partial charge in [-0.1, -0.05) is 37.2 Å². The summed E-state index contributed by atoms with van der Waals surface area (Å²) in [6.45, 7) is 5.30. The molecular formula is C17H21N3O2. The van der Waals surface area contributed by atoms with Crippen LogP contribution in [0.25, 0.3) is 0 Å². The lowest BCUT2D eigenvalue weighted by Gasteiger charge is -2.30. The third kappa shape index (κ3) is 3.13. The molecular weight excluding hydrogens is 278 g/mol. The number of nitrogens with one attached hydrogen (secondary N) is 1. The molecule has 0 saturated heterocycles. The van der Waals surface area contributed by atoms with Gasteiger partial charge in [-0.05, 0) is 30.4 Å². The summed E-state index contributed by atoms with van der Waals surface area (Å²) in [6.07, 6.45) is 2.15. The zero-order chi connectivity index (χ0) is 15.5. The smallest absolute Gasteiger partial charge is 0.246 e. The van der Waals surface area contributed by atoms with Crippen LogP contribution in [0.3, 0.4) is 0 Å². The lowest BCUT2D eigenvalue weighted by molar-refractivity contribution is -0.115. The highest BCUT2D eigenvalue weighted by Crippen LogP contribution is 2.26. The maximum atomic E-state index is 12.2. The molecule has 0 bridgehead atoms. The molecule has 1 aromatic carbocycles. The van der Waals surface area contributed by atoms with Crippen molar-refractivity contribution in [3.63, 3.8) is 0 Å². The van der Waals surface area contributed by atoms with E-state index < -0.39 is 0 Å². The summed E-state index contributed by atoms with van der Waals surface area (Å²) < 4.78 is 5.15. The van der Waals surface area contributed by atoms with Crippen molar-refractivity contribution in [1.82, 2.24) is 5.16 Å². The summed E-state index contributed by atoms with van der Waals surface area (Å²) in [5.74, 6) is 0.616. The zero-order valence-electron chi connectivity index (χ0n) is 13.0. The quantitative estimate of drug-likeness (QED) is 0.942. The number of para-hydroxylation sites is 1. The molecule has 2 aromatic rings. The van der Waals surface area contributed by atoms with Crippen LogP contribution in [0.1, 0.15) is 37.4 Å². The van der Waals surface area contributed by atoms with Crippen molar-refractivity contribution in [2.45, 2.75) is 32.6 Å². The molecule has 1 aromatic heterocycles. The average molecular weight is 299 g/mol. The molecule has 1 aliphatic heterocycles. The normalized spacial score (nSPS) is 14.0. The Hall–Kier alpha value is -2.30. The van der Waals surface area contributed by atoms with E-state index in [1.54, 1.807) is 6.07 Å². The van der Waals surface area contributed by atoms with Gasteiger partial charge >= 0.3 is 0 Å². The topological polar surface area (TPSA) is 58.4 Å². The largest absolute Gasteiger partial charge is 0.362 e. The van der Waals surface area contributed by atoms with E-state index in [1.807, 2.05) is 26.0 Å². The molecule has 5 heteroatoms. The number of anilines is 2. The highest BCUT2D eigenvalue weighted by Gasteiger charge is 2.19. The van der Waals surface area contributed by atoms with Crippen LogP contribution >= 0.6 is 0 Å². The molecule has 5 nitrogen and oxygen atoms in total. The fourth-order valence-electron chi connectivity index (χ4n) is 2.75. The van der Waals surface area contributed by atoms with E-state index in [1.165, 1.54) is 5.56 Å². The number of carbonyl (C=O) groups excluding carboxylic acids is 1. The van der Waals surface area contributed by atoms with Gasteiger partial charge in [0.05, 0.1) is 12.2 Å². The molecule has 1 aliphatic rings. The Labute approximate surface area is 130 Å². The first kappa shape index (κ1) is 14.6. The summed E-state index contributed by atoms with van der Waals surface area (Å²) in [4.78, 5) is 14.3. The monoisotopic (exact) mass is 299 g/mol. The number of hydrogen-bond acceptors (Lipinski definition) is 4. The highest BCUT2D eigenvalue weighted by atomic mass is 16.5. The molecule has 0 aliphatic carbocycles. The van der Waals surface area contributed by atoms with Crippen molar-refractivity contribution in [3.8, 4) is 0 Å². The predicted molar refractivity (Wildman–Crippen MR) is 86.2 cm³/mol. The van der Waals surface area contributed by atoms with Crippen LogP contribution in [0.15, 0.2) is 34.9 Å². The van der Waals surface area contributed by atoms with E-state index in [0.717, 1.165) is 30.8 Å². The average Bonchev–Trinajstić information content (AvgIpc) is 2.96. The number of nitrogens with zero attached hydrogens (tertiary/aromatic N) is 2. The Morgan fingerprint density at radius 1 is 1.41 bits per heavy atom. The van der Waals surface area contributed by atoms with Crippen molar-refractivity contribution in [3.05, 3.63) is 41.6 Å². The minimum atomic E-state index is -0.0804. The second-order valence-electron chi connectivity index (χ2n) is 5.97. The van der Waals surface area contributed by atoms with Crippen LogP contribution in [-0.2, 0) is 11.2 Å². The lowest BCUT2D eigenvalue weighted by Crippen LogP contribution is -2.36. The Morgan fingerprint density at radius 3 is 3.00 bits per heavy atom. The van der Waals surface area contributed by atoms with Gasteiger partial charge in [0.1, 0.15) is 0 Å². The summed E-state index contributed by atoms with van der Waals surface area (Å²) in [6, 6.07) is 10.1. The second-order valence-corrected chi connectivity index (χ2v) is 5.97. The predicted octanol–water partition coefficient (Wildman–Crippen LogP) is 3.19. The first-order valence-electron chi connectivity index (χ1n) is 7.73. The SMILES string of the molecule is CC(C)c1cc(NC(=O)CN2CCCc3ccccc32)on1. The number of aromatic nitrogens is 1. The highest BCUT2D eigenvalue weighted by molar-refractivity contribution is 5.93. The molecule has 0 spiro atoms. The first-order chi connectivity index (χ1) is 10.6. The summed E-state index contributed by atoms with van der Waals surface area (Å²) in [5.41, 5.74) is 3.31. The zero-order valence-corrected chi connectivity index (χ0v) is 13.0. The van der Waals surface area contributed by atoms with Crippen molar-refractivity contribution in [2.75, 3.05) is 23.3 Å². The van der Waals surface area contributed by atoms with Gasteiger partial charge < -0.3 is 9.42 Å².